The Balaban J connectivity index is 2.94. The van der Waals surface area contributed by atoms with Gasteiger partial charge in [0, 0.05) is 20.6 Å². The van der Waals surface area contributed by atoms with Crippen LogP contribution in [0, 0.1) is 0 Å². The van der Waals surface area contributed by atoms with Crippen LogP contribution in [0.5, 0.6) is 5.75 Å². The first kappa shape index (κ1) is 11.4. The Morgan fingerprint density at radius 1 is 1.35 bits per heavy atom. The van der Waals surface area contributed by atoms with Gasteiger partial charge in [0.2, 0.25) is 0 Å². The molecule has 86 valence electrons. The Morgan fingerprint density at radius 3 is 2.59 bits per heavy atom. The van der Waals surface area contributed by atoms with E-state index < -0.39 is 11.1 Å². The number of hydrogen-bond donors (Lipinski definition) is 1. The molecular formula is C10H6N3O3S-. The number of fused-ring (bicyclic) bond motifs is 1. The molecule has 0 amide bonds. The second kappa shape index (κ2) is 4.42. The van der Waals surface area contributed by atoms with Gasteiger partial charge >= 0.3 is 0 Å². The van der Waals surface area contributed by atoms with Crippen LogP contribution in [0.4, 0.5) is 5.69 Å². The lowest BCUT2D eigenvalue weighted by Gasteiger charge is -2.12. The minimum absolute atomic E-state index is 0.0131. The van der Waals surface area contributed by atoms with E-state index in [2.05, 4.69) is 10.0 Å². The fraction of sp³-hybridized carbons (Fsp3) is 0. The number of nitrogens with zero attached hydrogens (tertiary/aromatic N) is 3. The van der Waals surface area contributed by atoms with Crippen LogP contribution < -0.4 is 0 Å². The molecule has 0 spiro atoms. The Hall–Kier alpha value is -2.08. The number of phenols is 1. The van der Waals surface area contributed by atoms with Gasteiger partial charge in [0.25, 0.3) is 0 Å². The van der Waals surface area contributed by atoms with Gasteiger partial charge in [-0.05, 0) is 22.7 Å². The molecule has 1 N–H and O–H groups in total. The van der Waals surface area contributed by atoms with E-state index in [0.717, 1.165) is 6.07 Å². The predicted octanol–water partition coefficient (Wildman–Crippen LogP) is 2.73. The molecular weight excluding hydrogens is 242 g/mol. The highest BCUT2D eigenvalue weighted by molar-refractivity contribution is 7.79. The van der Waals surface area contributed by atoms with E-state index >= 15 is 0 Å². The first-order valence-electron chi connectivity index (χ1n) is 4.54. The Kier molecular flexibility index (Phi) is 2.97. The lowest BCUT2D eigenvalue weighted by molar-refractivity contribution is 0.482. The lowest BCUT2D eigenvalue weighted by atomic mass is 10.1. The van der Waals surface area contributed by atoms with Gasteiger partial charge in [-0.1, -0.05) is 29.4 Å². The minimum Gasteiger partial charge on any atom is -0.768 e. The van der Waals surface area contributed by atoms with E-state index in [1.165, 1.54) is 0 Å². The maximum absolute atomic E-state index is 11.1. The average Bonchev–Trinajstić information content (AvgIpc) is 2.32. The quantitative estimate of drug-likeness (QED) is 0.381. The normalized spacial score (nSPS) is 12.1. The van der Waals surface area contributed by atoms with Crippen molar-refractivity contribution in [3.63, 3.8) is 0 Å². The van der Waals surface area contributed by atoms with E-state index in [0.29, 0.717) is 10.8 Å². The molecule has 0 radical (unpaired) electrons. The second-order valence-electron chi connectivity index (χ2n) is 3.21. The largest absolute Gasteiger partial charge is 0.768 e. The van der Waals surface area contributed by atoms with Gasteiger partial charge in [-0.2, -0.15) is 0 Å². The van der Waals surface area contributed by atoms with Gasteiger partial charge in [0.05, 0.1) is 5.69 Å². The molecule has 1 atom stereocenters. The van der Waals surface area contributed by atoms with Crippen molar-refractivity contribution >= 4 is 27.5 Å². The summed E-state index contributed by atoms with van der Waals surface area (Å²) >= 11 is -2.47. The summed E-state index contributed by atoms with van der Waals surface area (Å²) in [5.41, 5.74) is 8.23. The molecule has 2 rings (SSSR count). The molecule has 0 aliphatic rings. The van der Waals surface area contributed by atoms with Gasteiger partial charge in [-0.3, -0.25) is 4.21 Å². The third-order valence-corrected chi connectivity index (χ3v) is 2.99. The molecule has 0 bridgehead atoms. The third-order valence-electron chi connectivity index (χ3n) is 2.29. The van der Waals surface area contributed by atoms with Crippen molar-refractivity contribution in [2.75, 3.05) is 0 Å². The summed E-state index contributed by atoms with van der Waals surface area (Å²) in [6.45, 7) is 0. The first-order valence-corrected chi connectivity index (χ1v) is 5.61. The van der Waals surface area contributed by atoms with Crippen molar-refractivity contribution in [2.24, 2.45) is 5.11 Å². The lowest BCUT2D eigenvalue weighted by Crippen LogP contribution is -1.91. The number of azide groups is 1. The molecule has 2 aromatic carbocycles. The van der Waals surface area contributed by atoms with Crippen molar-refractivity contribution < 1.29 is 13.9 Å². The zero-order chi connectivity index (χ0) is 12.4. The summed E-state index contributed by atoms with van der Waals surface area (Å²) < 4.78 is 22.1. The van der Waals surface area contributed by atoms with Gasteiger partial charge in [0.1, 0.15) is 5.75 Å². The van der Waals surface area contributed by atoms with Crippen molar-refractivity contribution in [3.8, 4) is 5.75 Å². The van der Waals surface area contributed by atoms with Gasteiger partial charge < -0.3 is 9.66 Å². The van der Waals surface area contributed by atoms with Crippen LogP contribution in [-0.4, -0.2) is 13.9 Å². The highest BCUT2D eigenvalue weighted by Gasteiger charge is 2.10. The molecule has 0 aliphatic carbocycles. The number of aromatic hydroxyl groups is 1. The van der Waals surface area contributed by atoms with E-state index in [9.17, 15) is 13.9 Å². The van der Waals surface area contributed by atoms with Crippen molar-refractivity contribution in [1.82, 2.24) is 0 Å². The van der Waals surface area contributed by atoms with Crippen LogP contribution >= 0.6 is 0 Å². The summed E-state index contributed by atoms with van der Waals surface area (Å²) in [5.74, 6) is -0.229. The third kappa shape index (κ3) is 1.94. The highest BCUT2D eigenvalue weighted by atomic mass is 32.2. The molecule has 0 heterocycles. The standard InChI is InChI=1S/C10H7N3O3S/c11-13-12-8-5-9(17(15)16)6-3-1-2-4-7(6)10(8)14/h1-5,14H,(H,15,16)/p-1. The SMILES string of the molecule is [N-]=[N+]=Nc1cc(S(=O)[O-])c2ccccc2c1O. The predicted molar refractivity (Wildman–Crippen MR) is 61.6 cm³/mol. The maximum atomic E-state index is 11.1. The topological polar surface area (TPSA) is 109 Å². The molecule has 0 aromatic heterocycles. The monoisotopic (exact) mass is 248 g/mol. The van der Waals surface area contributed by atoms with Gasteiger partial charge in [-0.25, -0.2) is 0 Å². The molecule has 0 saturated carbocycles. The fourth-order valence-corrected chi connectivity index (χ4v) is 2.14. The number of rotatable bonds is 2. The second-order valence-corrected chi connectivity index (χ2v) is 4.12. The summed E-state index contributed by atoms with van der Waals surface area (Å²) in [5, 5.41) is 13.8. The van der Waals surface area contributed by atoms with E-state index in [1.54, 1.807) is 24.3 Å². The highest BCUT2D eigenvalue weighted by Crippen LogP contribution is 2.38. The molecule has 0 fully saturated rings. The summed E-state index contributed by atoms with van der Waals surface area (Å²) in [6.07, 6.45) is 0. The molecule has 7 heteroatoms. The molecule has 1 unspecified atom stereocenters. The molecule has 2 aromatic rings. The number of hydrogen-bond acceptors (Lipinski definition) is 4. The Bertz CT molecular complexity index is 665. The van der Waals surface area contributed by atoms with Crippen LogP contribution in [0.1, 0.15) is 0 Å². The Morgan fingerprint density at radius 2 is 2.00 bits per heavy atom. The Labute approximate surface area is 98.4 Å². The minimum atomic E-state index is -2.47. The van der Waals surface area contributed by atoms with Gasteiger partial charge in [-0.15, -0.1) is 0 Å². The molecule has 17 heavy (non-hydrogen) atoms. The van der Waals surface area contributed by atoms with E-state index in [1.807, 2.05) is 0 Å². The van der Waals surface area contributed by atoms with Crippen LogP contribution in [0.2, 0.25) is 0 Å². The molecule has 0 saturated heterocycles. The van der Waals surface area contributed by atoms with E-state index in [4.69, 9.17) is 5.53 Å². The van der Waals surface area contributed by atoms with Crippen LogP contribution in [0.3, 0.4) is 0 Å². The zero-order valence-corrected chi connectivity index (χ0v) is 9.22. The fourth-order valence-electron chi connectivity index (χ4n) is 1.58. The zero-order valence-electron chi connectivity index (χ0n) is 8.40. The summed E-state index contributed by atoms with van der Waals surface area (Å²) in [6, 6.07) is 7.57. The summed E-state index contributed by atoms with van der Waals surface area (Å²) in [4.78, 5) is 2.52. The van der Waals surface area contributed by atoms with Crippen LogP contribution in [0.15, 0.2) is 40.3 Å². The van der Waals surface area contributed by atoms with E-state index in [-0.39, 0.29) is 16.3 Å². The molecule has 6 nitrogen and oxygen atoms in total. The average molecular weight is 248 g/mol. The molecule has 0 aliphatic heterocycles. The van der Waals surface area contributed by atoms with Crippen molar-refractivity contribution in [3.05, 3.63) is 40.8 Å². The smallest absolute Gasteiger partial charge is 0.133 e. The van der Waals surface area contributed by atoms with Crippen molar-refractivity contribution in [1.29, 1.82) is 0 Å². The van der Waals surface area contributed by atoms with Crippen LogP contribution in [-0.2, 0) is 11.1 Å². The van der Waals surface area contributed by atoms with Crippen LogP contribution in [0.25, 0.3) is 21.2 Å². The number of benzene rings is 2. The maximum Gasteiger partial charge on any atom is 0.133 e. The number of phenolic OH excluding ortho intramolecular Hbond substituents is 1. The summed E-state index contributed by atoms with van der Waals surface area (Å²) in [7, 11) is 0. The first-order chi connectivity index (χ1) is 8.15. The van der Waals surface area contributed by atoms with Gasteiger partial charge in [0.15, 0.2) is 0 Å². The van der Waals surface area contributed by atoms with Crippen molar-refractivity contribution in [2.45, 2.75) is 4.90 Å².